The Kier molecular flexibility index (Phi) is 3.00. The average molecular weight is 155 g/mol. The summed E-state index contributed by atoms with van der Waals surface area (Å²) in [7, 11) is 0. The van der Waals surface area contributed by atoms with Crippen molar-refractivity contribution in [2.45, 2.75) is 44.7 Å². The summed E-state index contributed by atoms with van der Waals surface area (Å²) >= 11 is 0. The molecule has 0 saturated carbocycles. The molecule has 0 aromatic heterocycles. The van der Waals surface area contributed by atoms with E-state index in [2.05, 4.69) is 17.2 Å². The van der Waals surface area contributed by atoms with E-state index in [0.29, 0.717) is 0 Å². The van der Waals surface area contributed by atoms with Crippen LogP contribution in [0, 0.1) is 0 Å². The first-order valence-electron chi connectivity index (χ1n) is 4.41. The van der Waals surface area contributed by atoms with Gasteiger partial charge in [0.05, 0.1) is 0 Å². The van der Waals surface area contributed by atoms with Crippen molar-refractivity contribution in [2.24, 2.45) is 16.0 Å². The van der Waals surface area contributed by atoms with Crippen LogP contribution in [-0.4, -0.2) is 12.2 Å². The van der Waals surface area contributed by atoms with E-state index in [1.165, 1.54) is 19.3 Å². The molecular weight excluding hydrogens is 138 g/mol. The molecule has 0 aromatic carbocycles. The minimum absolute atomic E-state index is 0.0166. The van der Waals surface area contributed by atoms with Crippen LogP contribution in [0.2, 0.25) is 0 Å². The topological polar surface area (TPSA) is 50.7 Å². The molecule has 0 saturated heterocycles. The van der Waals surface area contributed by atoms with Crippen LogP contribution in [-0.2, 0) is 0 Å². The van der Waals surface area contributed by atoms with Crippen LogP contribution in [0.4, 0.5) is 0 Å². The summed E-state index contributed by atoms with van der Waals surface area (Å²) < 4.78 is 0. The molecule has 1 heterocycles. The molecule has 1 aliphatic heterocycles. The molecule has 1 aliphatic rings. The molecule has 11 heavy (non-hydrogen) atoms. The summed E-state index contributed by atoms with van der Waals surface area (Å²) in [5.74, 6) is 0. The van der Waals surface area contributed by atoms with Crippen molar-refractivity contribution in [1.29, 1.82) is 0 Å². The molecule has 0 unspecified atom stereocenters. The van der Waals surface area contributed by atoms with E-state index in [-0.39, 0.29) is 5.66 Å². The van der Waals surface area contributed by atoms with Crippen LogP contribution in [0.3, 0.4) is 0 Å². The Hall–Kier alpha value is -0.440. The smallest absolute Gasteiger partial charge is 0.188 e. The molecule has 3 nitrogen and oxygen atoms in total. The number of hydrogen-bond donors (Lipinski definition) is 1. The lowest BCUT2D eigenvalue weighted by molar-refractivity contribution is 0.531. The van der Waals surface area contributed by atoms with Gasteiger partial charge in [-0.2, -0.15) is 10.2 Å². The van der Waals surface area contributed by atoms with Gasteiger partial charge in [-0.3, -0.25) is 0 Å². The van der Waals surface area contributed by atoms with E-state index >= 15 is 0 Å². The van der Waals surface area contributed by atoms with Crippen LogP contribution in [0.25, 0.3) is 0 Å². The van der Waals surface area contributed by atoms with Gasteiger partial charge in [0.1, 0.15) is 0 Å². The third-order valence-corrected chi connectivity index (χ3v) is 2.05. The summed E-state index contributed by atoms with van der Waals surface area (Å²) in [4.78, 5) is 0. The third-order valence-electron chi connectivity index (χ3n) is 2.05. The molecular formula is C8H17N3. The maximum absolute atomic E-state index is 5.37. The normalized spacial score (nSPS) is 18.7. The van der Waals surface area contributed by atoms with Crippen LogP contribution in [0.5, 0.6) is 0 Å². The molecule has 0 fully saturated rings. The molecule has 64 valence electrons. The molecule has 0 aromatic rings. The molecule has 0 bridgehead atoms. The summed E-state index contributed by atoms with van der Waals surface area (Å²) in [5, 5.41) is 7.90. The fourth-order valence-electron chi connectivity index (χ4n) is 1.14. The molecule has 2 N–H and O–H groups in total. The first-order chi connectivity index (χ1) is 5.27. The Morgan fingerprint density at radius 1 is 1.09 bits per heavy atom. The van der Waals surface area contributed by atoms with Gasteiger partial charge < -0.3 is 5.73 Å². The highest BCUT2D eigenvalue weighted by atomic mass is 15.4. The van der Waals surface area contributed by atoms with Crippen molar-refractivity contribution in [1.82, 2.24) is 0 Å². The van der Waals surface area contributed by atoms with Crippen molar-refractivity contribution >= 4 is 0 Å². The zero-order chi connectivity index (χ0) is 8.16. The predicted octanol–water partition coefficient (Wildman–Crippen LogP) is 2.08. The van der Waals surface area contributed by atoms with Crippen LogP contribution in [0.1, 0.15) is 39.0 Å². The SMILES string of the molecule is CC1(CCCCCCN)N=N1. The van der Waals surface area contributed by atoms with Gasteiger partial charge in [0.15, 0.2) is 5.66 Å². The van der Waals surface area contributed by atoms with E-state index < -0.39 is 0 Å². The minimum atomic E-state index is 0.0166. The second-order valence-corrected chi connectivity index (χ2v) is 3.37. The zero-order valence-electron chi connectivity index (χ0n) is 7.21. The lowest BCUT2D eigenvalue weighted by atomic mass is 10.1. The molecule has 3 heteroatoms. The third kappa shape index (κ3) is 3.46. The van der Waals surface area contributed by atoms with Crippen molar-refractivity contribution in [3.8, 4) is 0 Å². The van der Waals surface area contributed by atoms with Gasteiger partial charge in [0.2, 0.25) is 0 Å². The first kappa shape index (κ1) is 8.65. The zero-order valence-corrected chi connectivity index (χ0v) is 7.21. The monoisotopic (exact) mass is 155 g/mol. The Morgan fingerprint density at radius 2 is 1.73 bits per heavy atom. The van der Waals surface area contributed by atoms with Crippen molar-refractivity contribution in [2.75, 3.05) is 6.54 Å². The summed E-state index contributed by atoms with van der Waals surface area (Å²) in [5.41, 5.74) is 5.39. The summed E-state index contributed by atoms with van der Waals surface area (Å²) in [6.45, 7) is 2.90. The predicted molar refractivity (Wildman–Crippen MR) is 45.4 cm³/mol. The van der Waals surface area contributed by atoms with Crippen LogP contribution < -0.4 is 5.73 Å². The quantitative estimate of drug-likeness (QED) is 0.586. The number of hydrogen-bond acceptors (Lipinski definition) is 3. The first-order valence-corrected chi connectivity index (χ1v) is 4.41. The highest BCUT2D eigenvalue weighted by Crippen LogP contribution is 2.32. The van der Waals surface area contributed by atoms with Gasteiger partial charge in [0.25, 0.3) is 0 Å². The van der Waals surface area contributed by atoms with Gasteiger partial charge >= 0.3 is 0 Å². The second kappa shape index (κ2) is 3.81. The van der Waals surface area contributed by atoms with Gasteiger partial charge in [0, 0.05) is 0 Å². The standard InChI is InChI=1S/C8H17N3/c1-8(10-11-8)6-4-2-3-5-7-9/h2-7,9H2,1H3. The summed E-state index contributed by atoms with van der Waals surface area (Å²) in [6.07, 6.45) is 6.05. The Morgan fingerprint density at radius 3 is 2.27 bits per heavy atom. The number of unbranched alkanes of at least 4 members (excludes halogenated alkanes) is 3. The Bertz CT molecular complexity index is 136. The fraction of sp³-hybridized carbons (Fsp3) is 1.00. The number of rotatable bonds is 6. The van der Waals surface area contributed by atoms with Gasteiger partial charge in [-0.25, -0.2) is 0 Å². The maximum Gasteiger partial charge on any atom is 0.188 e. The average Bonchev–Trinajstić information content (AvgIpc) is 2.69. The Labute approximate surface area is 68.1 Å². The van der Waals surface area contributed by atoms with Crippen molar-refractivity contribution in [3.05, 3.63) is 0 Å². The number of nitrogens with zero attached hydrogens (tertiary/aromatic N) is 2. The van der Waals surface area contributed by atoms with E-state index in [1.54, 1.807) is 0 Å². The maximum atomic E-state index is 5.37. The van der Waals surface area contributed by atoms with Gasteiger partial charge in [-0.1, -0.05) is 12.8 Å². The molecule has 0 radical (unpaired) electrons. The second-order valence-electron chi connectivity index (χ2n) is 3.37. The van der Waals surface area contributed by atoms with E-state index in [4.69, 9.17) is 5.73 Å². The lowest BCUT2D eigenvalue weighted by Crippen LogP contribution is -2.03. The van der Waals surface area contributed by atoms with E-state index in [1.807, 2.05) is 0 Å². The van der Waals surface area contributed by atoms with Crippen molar-refractivity contribution in [3.63, 3.8) is 0 Å². The lowest BCUT2D eigenvalue weighted by Gasteiger charge is -2.02. The molecule has 0 aliphatic carbocycles. The van der Waals surface area contributed by atoms with Gasteiger partial charge in [-0.15, -0.1) is 0 Å². The van der Waals surface area contributed by atoms with E-state index in [9.17, 15) is 0 Å². The van der Waals surface area contributed by atoms with Crippen molar-refractivity contribution < 1.29 is 0 Å². The largest absolute Gasteiger partial charge is 0.330 e. The highest BCUT2D eigenvalue weighted by molar-refractivity contribution is 4.87. The van der Waals surface area contributed by atoms with Crippen LogP contribution >= 0.6 is 0 Å². The van der Waals surface area contributed by atoms with Crippen LogP contribution in [0.15, 0.2) is 10.2 Å². The minimum Gasteiger partial charge on any atom is -0.330 e. The van der Waals surface area contributed by atoms with Gasteiger partial charge in [-0.05, 0) is 32.7 Å². The number of nitrogens with two attached hydrogens (primary N) is 1. The molecule has 1 rings (SSSR count). The van der Waals surface area contributed by atoms with E-state index in [0.717, 1.165) is 19.4 Å². The highest BCUT2D eigenvalue weighted by Gasteiger charge is 2.32. The molecule has 0 amide bonds. The molecule has 0 spiro atoms. The Balaban J connectivity index is 1.81. The summed E-state index contributed by atoms with van der Waals surface area (Å²) in [6, 6.07) is 0. The fourth-order valence-corrected chi connectivity index (χ4v) is 1.14. The molecule has 0 atom stereocenters.